The van der Waals surface area contributed by atoms with Crippen molar-refractivity contribution in [1.82, 2.24) is 4.90 Å². The van der Waals surface area contributed by atoms with Gasteiger partial charge in [-0.15, -0.1) is 0 Å². The molecule has 1 amide bonds. The Labute approximate surface area is 126 Å². The highest BCUT2D eigenvalue weighted by atomic mass is 16.5. The van der Waals surface area contributed by atoms with Crippen molar-refractivity contribution >= 4 is 5.91 Å². The monoisotopic (exact) mass is 289 g/mol. The van der Waals surface area contributed by atoms with Crippen molar-refractivity contribution in [1.29, 1.82) is 0 Å². The minimum atomic E-state index is -0.00274. The molecule has 4 heteroatoms. The zero-order valence-electron chi connectivity index (χ0n) is 12.5. The van der Waals surface area contributed by atoms with Crippen molar-refractivity contribution in [3.63, 3.8) is 0 Å². The molecule has 0 spiro atoms. The van der Waals surface area contributed by atoms with E-state index >= 15 is 0 Å². The Morgan fingerprint density at radius 3 is 2.71 bits per heavy atom. The van der Waals surface area contributed by atoms with Gasteiger partial charge in [-0.1, -0.05) is 30.3 Å². The maximum Gasteiger partial charge on any atom is 0.225 e. The van der Waals surface area contributed by atoms with E-state index < -0.39 is 0 Å². The molecule has 114 valence electrons. The fraction of sp³-hybridized carbons (Fsp3) is 0.588. The molecule has 3 rings (SSSR count). The summed E-state index contributed by atoms with van der Waals surface area (Å²) in [5.74, 6) is 0.806. The molecule has 0 bridgehead atoms. The first-order chi connectivity index (χ1) is 10.3. The normalized spacial score (nSPS) is 25.9. The molecule has 1 aromatic carbocycles. The minimum Gasteiger partial charge on any atom is -0.384 e. The number of benzene rings is 1. The molecule has 1 saturated heterocycles. The van der Waals surface area contributed by atoms with E-state index in [4.69, 9.17) is 9.47 Å². The Morgan fingerprint density at radius 2 is 2.05 bits per heavy atom. The maximum atomic E-state index is 12.3. The van der Waals surface area contributed by atoms with Crippen molar-refractivity contribution in [2.75, 3.05) is 26.8 Å². The van der Waals surface area contributed by atoms with Gasteiger partial charge in [0.2, 0.25) is 5.91 Å². The Hall–Kier alpha value is -1.39. The Morgan fingerprint density at radius 1 is 1.29 bits per heavy atom. The van der Waals surface area contributed by atoms with Crippen LogP contribution in [0.25, 0.3) is 0 Å². The van der Waals surface area contributed by atoms with Crippen LogP contribution in [0.3, 0.4) is 0 Å². The molecule has 1 heterocycles. The minimum absolute atomic E-state index is 0.00274. The number of carbonyl (C=O) groups is 1. The van der Waals surface area contributed by atoms with Gasteiger partial charge in [-0.3, -0.25) is 4.79 Å². The van der Waals surface area contributed by atoms with Crippen LogP contribution in [0, 0.1) is 5.92 Å². The lowest BCUT2D eigenvalue weighted by Gasteiger charge is -2.38. The number of hydrogen-bond acceptors (Lipinski definition) is 3. The second kappa shape index (κ2) is 6.58. The zero-order valence-corrected chi connectivity index (χ0v) is 12.5. The van der Waals surface area contributed by atoms with Gasteiger partial charge in [-0.2, -0.15) is 0 Å². The molecule has 0 unspecified atom stereocenters. The highest BCUT2D eigenvalue weighted by Crippen LogP contribution is 2.39. The third kappa shape index (κ3) is 3.63. The van der Waals surface area contributed by atoms with Crippen LogP contribution in [0.1, 0.15) is 30.9 Å². The van der Waals surface area contributed by atoms with Crippen LogP contribution in [0.15, 0.2) is 30.3 Å². The molecular formula is C17H23NO3. The average Bonchev–Trinajstić information content (AvgIpc) is 3.38. The highest BCUT2D eigenvalue weighted by molar-refractivity contribution is 5.76. The molecule has 0 aromatic heterocycles. The van der Waals surface area contributed by atoms with E-state index in [-0.39, 0.29) is 18.1 Å². The molecule has 21 heavy (non-hydrogen) atoms. The van der Waals surface area contributed by atoms with Crippen LogP contribution in [0.5, 0.6) is 0 Å². The van der Waals surface area contributed by atoms with E-state index in [9.17, 15) is 4.79 Å². The van der Waals surface area contributed by atoms with Crippen LogP contribution in [0.4, 0.5) is 0 Å². The molecule has 2 atom stereocenters. The predicted octanol–water partition coefficient (Wildman–Crippen LogP) is 2.40. The van der Waals surface area contributed by atoms with Gasteiger partial charge >= 0.3 is 0 Å². The van der Waals surface area contributed by atoms with Gasteiger partial charge in [0.1, 0.15) is 6.10 Å². The van der Waals surface area contributed by atoms with Crippen LogP contribution in [0.2, 0.25) is 0 Å². The number of rotatable bonds is 5. The lowest BCUT2D eigenvalue weighted by molar-refractivity contribution is -0.148. The topological polar surface area (TPSA) is 38.8 Å². The van der Waals surface area contributed by atoms with Crippen molar-refractivity contribution in [2.24, 2.45) is 5.92 Å². The molecule has 1 aliphatic heterocycles. The van der Waals surface area contributed by atoms with E-state index in [1.54, 1.807) is 7.11 Å². The van der Waals surface area contributed by atoms with E-state index in [2.05, 4.69) is 12.1 Å². The summed E-state index contributed by atoms with van der Waals surface area (Å²) in [7, 11) is 1.63. The molecular weight excluding hydrogens is 266 g/mol. The summed E-state index contributed by atoms with van der Waals surface area (Å²) < 4.78 is 11.3. The summed E-state index contributed by atoms with van der Waals surface area (Å²) in [5.41, 5.74) is 1.16. The molecule has 0 radical (unpaired) electrons. The Bertz CT molecular complexity index is 472. The van der Waals surface area contributed by atoms with Gasteiger partial charge in [-0.05, 0) is 24.3 Å². The average molecular weight is 289 g/mol. The predicted molar refractivity (Wildman–Crippen MR) is 79.9 cm³/mol. The van der Waals surface area contributed by atoms with Gasteiger partial charge in [-0.25, -0.2) is 0 Å². The molecule has 0 N–H and O–H groups in total. The van der Waals surface area contributed by atoms with E-state index in [0.29, 0.717) is 25.5 Å². The number of ether oxygens (including phenoxy) is 2. The van der Waals surface area contributed by atoms with Crippen molar-refractivity contribution in [3.05, 3.63) is 35.9 Å². The molecule has 2 fully saturated rings. The summed E-state index contributed by atoms with van der Waals surface area (Å²) in [6.07, 6.45) is 3.10. The quantitative estimate of drug-likeness (QED) is 0.835. The van der Waals surface area contributed by atoms with E-state index in [0.717, 1.165) is 12.1 Å². The van der Waals surface area contributed by atoms with Crippen LogP contribution >= 0.6 is 0 Å². The lowest BCUT2D eigenvalue weighted by atomic mass is 10.0. The van der Waals surface area contributed by atoms with Crippen LogP contribution in [-0.2, 0) is 14.3 Å². The second-order valence-corrected chi connectivity index (χ2v) is 5.95. The van der Waals surface area contributed by atoms with Crippen molar-refractivity contribution in [2.45, 2.75) is 31.5 Å². The molecule has 1 aromatic rings. The van der Waals surface area contributed by atoms with E-state index in [1.165, 1.54) is 12.8 Å². The number of methoxy groups -OCH3 is 1. The number of hydrogen-bond donors (Lipinski definition) is 0. The SMILES string of the molecule is COCCC(=O)N1C[C@@H](c2ccccc2)O[C@@H](C2CC2)C1. The maximum absolute atomic E-state index is 12.3. The van der Waals surface area contributed by atoms with Crippen LogP contribution in [-0.4, -0.2) is 43.7 Å². The van der Waals surface area contributed by atoms with Gasteiger partial charge in [0, 0.05) is 13.7 Å². The smallest absolute Gasteiger partial charge is 0.225 e. The molecule has 1 aliphatic carbocycles. The summed E-state index contributed by atoms with van der Waals surface area (Å²) in [6, 6.07) is 10.2. The Balaban J connectivity index is 1.70. The van der Waals surface area contributed by atoms with Gasteiger partial charge in [0.15, 0.2) is 0 Å². The second-order valence-electron chi connectivity index (χ2n) is 5.95. The zero-order chi connectivity index (χ0) is 14.7. The first-order valence-electron chi connectivity index (χ1n) is 7.75. The summed E-state index contributed by atoms with van der Waals surface area (Å²) >= 11 is 0. The van der Waals surface area contributed by atoms with Gasteiger partial charge < -0.3 is 14.4 Å². The molecule has 2 aliphatic rings. The van der Waals surface area contributed by atoms with Gasteiger partial charge in [0.05, 0.1) is 25.7 Å². The highest BCUT2D eigenvalue weighted by Gasteiger charge is 2.39. The first kappa shape index (κ1) is 14.5. The standard InChI is InChI=1S/C17H23NO3/c1-20-10-9-17(19)18-11-15(13-5-3-2-4-6-13)21-16(12-18)14-7-8-14/h2-6,14-16H,7-12H2,1H3/t15-,16+/m0/s1. The number of nitrogens with zero attached hydrogens (tertiary/aromatic N) is 1. The largest absolute Gasteiger partial charge is 0.384 e. The fourth-order valence-electron chi connectivity index (χ4n) is 2.92. The Kier molecular flexibility index (Phi) is 4.56. The van der Waals surface area contributed by atoms with Crippen molar-refractivity contribution in [3.8, 4) is 0 Å². The summed E-state index contributed by atoms with van der Waals surface area (Å²) in [6.45, 7) is 1.87. The number of amides is 1. The summed E-state index contributed by atoms with van der Waals surface area (Å²) in [4.78, 5) is 14.3. The number of carbonyl (C=O) groups excluding carboxylic acids is 1. The molecule has 4 nitrogen and oxygen atoms in total. The summed E-state index contributed by atoms with van der Waals surface area (Å²) in [5, 5.41) is 0. The van der Waals surface area contributed by atoms with Crippen LogP contribution < -0.4 is 0 Å². The molecule has 1 saturated carbocycles. The lowest BCUT2D eigenvalue weighted by Crippen LogP contribution is -2.47. The fourth-order valence-corrected chi connectivity index (χ4v) is 2.92. The third-order valence-electron chi connectivity index (χ3n) is 4.32. The third-order valence-corrected chi connectivity index (χ3v) is 4.32. The van der Waals surface area contributed by atoms with Crippen molar-refractivity contribution < 1.29 is 14.3 Å². The van der Waals surface area contributed by atoms with Gasteiger partial charge in [0.25, 0.3) is 0 Å². The number of morpholine rings is 1. The van der Waals surface area contributed by atoms with E-state index in [1.807, 2.05) is 23.1 Å². The first-order valence-corrected chi connectivity index (χ1v) is 7.75.